The molecule has 29 heavy (non-hydrogen) atoms. The zero-order chi connectivity index (χ0) is 21.4. The number of esters is 1. The van der Waals surface area contributed by atoms with Crippen molar-refractivity contribution in [3.05, 3.63) is 65.4 Å². The molecule has 1 heterocycles. The van der Waals surface area contributed by atoms with Gasteiger partial charge in [-0.15, -0.1) is 0 Å². The van der Waals surface area contributed by atoms with Gasteiger partial charge in [-0.2, -0.15) is 13.2 Å². The topological polar surface area (TPSA) is 31.2 Å². The number of hydrogen-bond donors (Lipinski definition) is 0. The van der Waals surface area contributed by atoms with Crippen LogP contribution in [0.4, 0.5) is 13.2 Å². The summed E-state index contributed by atoms with van der Waals surface area (Å²) in [5, 5.41) is 2.14. The van der Waals surface area contributed by atoms with Crippen molar-refractivity contribution >= 4 is 30.1 Å². The molecule has 0 spiro atoms. The largest absolute Gasteiger partial charge is 0.461 e. The summed E-state index contributed by atoms with van der Waals surface area (Å²) in [6.45, 7) is 8.80. The Morgan fingerprint density at radius 2 is 1.79 bits per heavy atom. The molecule has 0 atom stereocenters. The third-order valence-corrected chi connectivity index (χ3v) is 6.89. The van der Waals surface area contributed by atoms with Crippen LogP contribution in [0.1, 0.15) is 28.5 Å². The Morgan fingerprint density at radius 1 is 1.07 bits per heavy atom. The standard InChI is InChI=1S/C22H24F3NO2Si/c1-5-28-21(27)20-13-16-12-18(29(2,3)4)9-10-19(16)26(20)14-15-7-6-8-17(11-15)22(23,24)25/h6-13H,5,14H2,1-4H3. The van der Waals surface area contributed by atoms with E-state index in [0.717, 1.165) is 23.0 Å². The molecule has 0 N–H and O–H groups in total. The maximum absolute atomic E-state index is 13.1. The zero-order valence-electron chi connectivity index (χ0n) is 16.9. The predicted molar refractivity (Wildman–Crippen MR) is 111 cm³/mol. The molecule has 0 saturated carbocycles. The van der Waals surface area contributed by atoms with E-state index in [9.17, 15) is 18.0 Å². The number of ether oxygens (including phenoxy) is 1. The predicted octanol–water partition coefficient (Wildman–Crippen LogP) is 5.43. The van der Waals surface area contributed by atoms with Crippen LogP contribution in [0.3, 0.4) is 0 Å². The van der Waals surface area contributed by atoms with E-state index in [-0.39, 0.29) is 13.2 Å². The summed E-state index contributed by atoms with van der Waals surface area (Å²) < 4.78 is 46.2. The summed E-state index contributed by atoms with van der Waals surface area (Å²) in [5.74, 6) is -0.481. The quantitative estimate of drug-likeness (QED) is 0.408. The number of rotatable bonds is 5. The highest BCUT2D eigenvalue weighted by Crippen LogP contribution is 2.30. The highest BCUT2D eigenvalue weighted by molar-refractivity contribution is 6.88. The number of alkyl halides is 3. The first-order valence-corrected chi connectivity index (χ1v) is 13.0. The summed E-state index contributed by atoms with van der Waals surface area (Å²) in [4.78, 5) is 12.5. The fourth-order valence-electron chi connectivity index (χ4n) is 3.31. The van der Waals surface area contributed by atoms with Gasteiger partial charge in [0.15, 0.2) is 0 Å². The number of halogens is 3. The van der Waals surface area contributed by atoms with Gasteiger partial charge < -0.3 is 9.30 Å². The molecule has 0 saturated heterocycles. The summed E-state index contributed by atoms with van der Waals surface area (Å²) in [7, 11) is -1.55. The Balaban J connectivity index is 2.12. The van der Waals surface area contributed by atoms with Crippen LogP contribution in [0.2, 0.25) is 19.6 Å². The second-order valence-corrected chi connectivity index (χ2v) is 13.1. The lowest BCUT2D eigenvalue weighted by Crippen LogP contribution is -2.37. The summed E-state index contributed by atoms with van der Waals surface area (Å²) in [5.41, 5.74) is 0.904. The van der Waals surface area contributed by atoms with Crippen LogP contribution < -0.4 is 5.19 Å². The number of hydrogen-bond acceptors (Lipinski definition) is 2. The molecule has 2 aromatic carbocycles. The molecule has 0 bridgehead atoms. The van der Waals surface area contributed by atoms with Crippen molar-refractivity contribution < 1.29 is 22.7 Å². The van der Waals surface area contributed by atoms with Crippen LogP contribution in [0.15, 0.2) is 48.5 Å². The summed E-state index contributed by atoms with van der Waals surface area (Å²) in [6, 6.07) is 13.0. The normalized spacial score (nSPS) is 12.4. The monoisotopic (exact) mass is 419 g/mol. The summed E-state index contributed by atoms with van der Waals surface area (Å²) >= 11 is 0. The number of aromatic nitrogens is 1. The van der Waals surface area contributed by atoms with E-state index in [2.05, 4.69) is 25.7 Å². The molecule has 3 aromatic rings. The maximum Gasteiger partial charge on any atom is 0.416 e. The van der Waals surface area contributed by atoms with Crippen LogP contribution in [0.5, 0.6) is 0 Å². The first-order valence-electron chi connectivity index (χ1n) is 9.47. The smallest absolute Gasteiger partial charge is 0.416 e. The Bertz CT molecular complexity index is 1050. The second-order valence-electron chi connectivity index (χ2n) is 8.06. The van der Waals surface area contributed by atoms with Gasteiger partial charge in [0.1, 0.15) is 5.69 Å². The van der Waals surface area contributed by atoms with Crippen LogP contribution >= 0.6 is 0 Å². The molecule has 3 rings (SSSR count). The van der Waals surface area contributed by atoms with Gasteiger partial charge in [-0.3, -0.25) is 0 Å². The van der Waals surface area contributed by atoms with E-state index < -0.39 is 25.8 Å². The highest BCUT2D eigenvalue weighted by Gasteiger charge is 2.30. The Morgan fingerprint density at radius 3 is 2.41 bits per heavy atom. The molecule has 0 aliphatic heterocycles. The molecule has 0 unspecified atom stereocenters. The third kappa shape index (κ3) is 4.55. The average Bonchev–Trinajstić information content (AvgIpc) is 2.99. The minimum absolute atomic E-state index is 0.147. The lowest BCUT2D eigenvalue weighted by atomic mass is 10.1. The van der Waals surface area contributed by atoms with Crippen LogP contribution in [0, 0.1) is 0 Å². The number of fused-ring (bicyclic) bond motifs is 1. The minimum Gasteiger partial charge on any atom is -0.461 e. The molecule has 1 aromatic heterocycles. The molecule has 7 heteroatoms. The van der Waals surface area contributed by atoms with E-state index in [1.807, 2.05) is 12.1 Å². The average molecular weight is 420 g/mol. The number of nitrogens with zero attached hydrogens (tertiary/aromatic N) is 1. The molecule has 0 aliphatic carbocycles. The van der Waals surface area contributed by atoms with Crippen molar-refractivity contribution in [1.29, 1.82) is 0 Å². The zero-order valence-corrected chi connectivity index (χ0v) is 17.9. The SMILES string of the molecule is CCOC(=O)c1cc2cc([Si](C)(C)C)ccc2n1Cc1cccc(C(F)(F)F)c1. The third-order valence-electron chi connectivity index (χ3n) is 4.85. The van der Waals surface area contributed by atoms with Crippen LogP contribution in [-0.4, -0.2) is 25.2 Å². The van der Waals surface area contributed by atoms with Crippen molar-refractivity contribution in [2.45, 2.75) is 39.3 Å². The van der Waals surface area contributed by atoms with E-state index in [1.54, 1.807) is 23.6 Å². The van der Waals surface area contributed by atoms with E-state index in [0.29, 0.717) is 11.3 Å². The molecule has 0 fully saturated rings. The molecule has 154 valence electrons. The van der Waals surface area contributed by atoms with E-state index >= 15 is 0 Å². The van der Waals surface area contributed by atoms with Gasteiger partial charge >= 0.3 is 12.1 Å². The van der Waals surface area contributed by atoms with Gasteiger partial charge in [0.05, 0.1) is 20.2 Å². The molecule has 0 aliphatic rings. The van der Waals surface area contributed by atoms with Gasteiger partial charge in [0.2, 0.25) is 0 Å². The van der Waals surface area contributed by atoms with Crippen molar-refractivity contribution in [3.63, 3.8) is 0 Å². The molecule has 0 radical (unpaired) electrons. The van der Waals surface area contributed by atoms with Crippen molar-refractivity contribution in [2.24, 2.45) is 0 Å². The maximum atomic E-state index is 13.1. The van der Waals surface area contributed by atoms with Gasteiger partial charge in [0, 0.05) is 17.4 Å². The number of carbonyl (C=O) groups is 1. The van der Waals surface area contributed by atoms with E-state index in [1.165, 1.54) is 11.3 Å². The fourth-order valence-corrected chi connectivity index (χ4v) is 4.48. The van der Waals surface area contributed by atoms with Crippen molar-refractivity contribution in [1.82, 2.24) is 4.57 Å². The molecular formula is C22H24F3NO2Si. The second kappa shape index (κ2) is 7.70. The lowest BCUT2D eigenvalue weighted by Gasteiger charge is -2.17. The number of carbonyl (C=O) groups excluding carboxylic acids is 1. The van der Waals surface area contributed by atoms with Crippen LogP contribution in [-0.2, 0) is 17.5 Å². The van der Waals surface area contributed by atoms with Gasteiger partial charge in [-0.25, -0.2) is 4.79 Å². The molecule has 0 amide bonds. The molecular weight excluding hydrogens is 395 g/mol. The first kappa shape index (κ1) is 21.2. The van der Waals surface area contributed by atoms with Crippen LogP contribution in [0.25, 0.3) is 10.9 Å². The highest BCUT2D eigenvalue weighted by atomic mass is 28.3. The Hall–Kier alpha value is -2.54. The Labute approximate surface area is 169 Å². The fraction of sp³-hybridized carbons (Fsp3) is 0.318. The van der Waals surface area contributed by atoms with Gasteiger partial charge in [0.25, 0.3) is 0 Å². The molecule has 3 nitrogen and oxygen atoms in total. The number of benzene rings is 2. The first-order chi connectivity index (χ1) is 13.5. The Kier molecular flexibility index (Phi) is 5.62. The lowest BCUT2D eigenvalue weighted by molar-refractivity contribution is -0.137. The van der Waals surface area contributed by atoms with Crippen molar-refractivity contribution in [3.8, 4) is 0 Å². The van der Waals surface area contributed by atoms with Gasteiger partial charge in [-0.05, 0) is 36.8 Å². The van der Waals surface area contributed by atoms with E-state index in [4.69, 9.17) is 4.74 Å². The van der Waals surface area contributed by atoms with Gasteiger partial charge in [-0.1, -0.05) is 49.1 Å². The van der Waals surface area contributed by atoms with Crippen molar-refractivity contribution in [2.75, 3.05) is 6.61 Å². The summed E-state index contributed by atoms with van der Waals surface area (Å²) in [6.07, 6.45) is -4.41. The minimum atomic E-state index is -4.41.